The number of rotatable bonds is 5. The zero-order valence-electron chi connectivity index (χ0n) is 11.4. The highest BCUT2D eigenvalue weighted by Crippen LogP contribution is 2.39. The zero-order chi connectivity index (χ0) is 13.2. The van der Waals surface area contributed by atoms with Crippen LogP contribution in [0.3, 0.4) is 0 Å². The molecule has 2 fully saturated rings. The van der Waals surface area contributed by atoms with Gasteiger partial charge in [0.15, 0.2) is 0 Å². The molecule has 0 spiro atoms. The first-order chi connectivity index (χ1) is 8.56. The zero-order valence-corrected chi connectivity index (χ0v) is 11.4. The maximum Gasteiger partial charge on any atom is 0.325 e. The topological polar surface area (TPSA) is 66.6 Å². The first kappa shape index (κ1) is 13.8. The van der Waals surface area contributed by atoms with Gasteiger partial charge in [0.2, 0.25) is 0 Å². The van der Waals surface area contributed by atoms with Crippen molar-refractivity contribution < 1.29 is 9.90 Å². The summed E-state index contributed by atoms with van der Waals surface area (Å²) in [4.78, 5) is 13.7. The van der Waals surface area contributed by atoms with Crippen LogP contribution in [-0.2, 0) is 4.79 Å². The van der Waals surface area contributed by atoms with E-state index in [1.165, 1.54) is 25.7 Å². The molecule has 0 aromatic carbocycles. The van der Waals surface area contributed by atoms with E-state index in [4.69, 9.17) is 5.73 Å². The fraction of sp³-hybridized carbons (Fsp3) is 0.929. The van der Waals surface area contributed by atoms with E-state index in [1.807, 2.05) is 0 Å². The molecule has 1 saturated carbocycles. The maximum absolute atomic E-state index is 11.4. The van der Waals surface area contributed by atoms with Crippen LogP contribution in [0.2, 0.25) is 0 Å². The summed E-state index contributed by atoms with van der Waals surface area (Å²) in [6.07, 6.45) is 6.85. The summed E-state index contributed by atoms with van der Waals surface area (Å²) < 4.78 is 0. The minimum absolute atomic E-state index is 0.195. The fourth-order valence-corrected chi connectivity index (χ4v) is 3.13. The lowest BCUT2D eigenvalue weighted by molar-refractivity contribution is -0.145. The van der Waals surface area contributed by atoms with Crippen LogP contribution in [0.5, 0.6) is 0 Å². The molecule has 1 aliphatic carbocycles. The van der Waals surface area contributed by atoms with Crippen LogP contribution >= 0.6 is 0 Å². The molecule has 2 unspecified atom stereocenters. The van der Waals surface area contributed by atoms with Gasteiger partial charge in [-0.3, -0.25) is 4.79 Å². The summed E-state index contributed by atoms with van der Waals surface area (Å²) in [5, 5.41) is 9.39. The molecule has 3 N–H and O–H groups in total. The number of carboxylic acids is 1. The Morgan fingerprint density at radius 3 is 2.61 bits per heavy atom. The Bertz CT molecular complexity index is 304. The van der Waals surface area contributed by atoms with Gasteiger partial charge >= 0.3 is 5.97 Å². The lowest BCUT2D eigenvalue weighted by Crippen LogP contribution is -2.58. The number of aliphatic carboxylic acids is 1. The quantitative estimate of drug-likeness (QED) is 0.783. The molecule has 2 aliphatic rings. The predicted octanol–water partition coefficient (Wildman–Crippen LogP) is 1.69. The van der Waals surface area contributed by atoms with Gasteiger partial charge in [-0.1, -0.05) is 13.3 Å². The standard InChI is InChI=1S/C14H26N2O2/c1-2-11-4-3-8-16(9-7-11)10-14(15,13(17)18)12-5-6-12/h11-12H,2-10,15H2,1H3,(H,17,18). The average molecular weight is 254 g/mol. The molecule has 1 heterocycles. The first-order valence-corrected chi connectivity index (χ1v) is 7.31. The van der Waals surface area contributed by atoms with E-state index in [0.717, 1.165) is 31.8 Å². The molecular formula is C14H26N2O2. The van der Waals surface area contributed by atoms with Gasteiger partial charge in [0, 0.05) is 6.54 Å². The number of nitrogens with zero attached hydrogens (tertiary/aromatic N) is 1. The van der Waals surface area contributed by atoms with Crippen molar-refractivity contribution in [2.24, 2.45) is 17.6 Å². The van der Waals surface area contributed by atoms with E-state index in [2.05, 4.69) is 11.8 Å². The van der Waals surface area contributed by atoms with Crippen molar-refractivity contribution in [3.05, 3.63) is 0 Å². The molecule has 104 valence electrons. The highest BCUT2D eigenvalue weighted by Gasteiger charge is 2.49. The van der Waals surface area contributed by atoms with Crippen molar-refractivity contribution in [3.8, 4) is 0 Å². The minimum atomic E-state index is -1.01. The van der Waals surface area contributed by atoms with Crippen molar-refractivity contribution in [3.63, 3.8) is 0 Å². The Labute approximate surface area is 110 Å². The Morgan fingerprint density at radius 1 is 1.33 bits per heavy atom. The van der Waals surface area contributed by atoms with Crippen molar-refractivity contribution in [2.75, 3.05) is 19.6 Å². The van der Waals surface area contributed by atoms with Gasteiger partial charge in [-0.15, -0.1) is 0 Å². The molecule has 2 rings (SSSR count). The lowest BCUT2D eigenvalue weighted by atomic mass is 9.93. The van der Waals surface area contributed by atoms with Crippen molar-refractivity contribution >= 4 is 5.97 Å². The maximum atomic E-state index is 11.4. The number of carboxylic acid groups (broad SMARTS) is 1. The second kappa shape index (κ2) is 5.57. The SMILES string of the molecule is CCC1CCCN(CC(N)(C(=O)O)C2CC2)CC1. The third-order valence-electron chi connectivity index (χ3n) is 4.71. The number of hydrogen-bond donors (Lipinski definition) is 2. The van der Waals surface area contributed by atoms with Gasteiger partial charge in [-0.25, -0.2) is 0 Å². The van der Waals surface area contributed by atoms with Crippen molar-refractivity contribution in [2.45, 2.75) is 51.0 Å². The van der Waals surface area contributed by atoms with Gasteiger partial charge in [0.25, 0.3) is 0 Å². The first-order valence-electron chi connectivity index (χ1n) is 7.31. The van der Waals surface area contributed by atoms with E-state index in [0.29, 0.717) is 6.54 Å². The van der Waals surface area contributed by atoms with Crippen LogP contribution in [-0.4, -0.2) is 41.1 Å². The molecule has 2 atom stereocenters. The molecule has 4 heteroatoms. The smallest absolute Gasteiger partial charge is 0.325 e. The monoisotopic (exact) mass is 254 g/mol. The highest BCUT2D eigenvalue weighted by molar-refractivity contribution is 5.79. The number of carbonyl (C=O) groups is 1. The van der Waals surface area contributed by atoms with Crippen LogP contribution in [0.1, 0.15) is 45.4 Å². The van der Waals surface area contributed by atoms with Gasteiger partial charge in [-0.05, 0) is 57.0 Å². The average Bonchev–Trinajstić information content (AvgIpc) is 3.16. The largest absolute Gasteiger partial charge is 0.480 e. The molecule has 1 saturated heterocycles. The Morgan fingerprint density at radius 2 is 2.06 bits per heavy atom. The van der Waals surface area contributed by atoms with Crippen LogP contribution < -0.4 is 5.73 Å². The molecular weight excluding hydrogens is 228 g/mol. The van der Waals surface area contributed by atoms with Gasteiger partial charge < -0.3 is 15.7 Å². The number of nitrogens with two attached hydrogens (primary N) is 1. The Kier molecular flexibility index (Phi) is 4.28. The Hall–Kier alpha value is -0.610. The summed E-state index contributed by atoms with van der Waals surface area (Å²) in [5.74, 6) is 0.189. The molecule has 0 bridgehead atoms. The third-order valence-corrected chi connectivity index (χ3v) is 4.71. The lowest BCUT2D eigenvalue weighted by Gasteiger charge is -2.31. The van der Waals surface area contributed by atoms with Crippen LogP contribution in [0.15, 0.2) is 0 Å². The summed E-state index contributed by atoms with van der Waals surface area (Å²) in [6, 6.07) is 0. The molecule has 0 radical (unpaired) electrons. The van der Waals surface area contributed by atoms with Gasteiger partial charge in [0.05, 0.1) is 0 Å². The van der Waals surface area contributed by atoms with Crippen molar-refractivity contribution in [1.82, 2.24) is 4.90 Å². The molecule has 0 aromatic heterocycles. The van der Waals surface area contributed by atoms with E-state index in [-0.39, 0.29) is 5.92 Å². The minimum Gasteiger partial charge on any atom is -0.480 e. The molecule has 4 nitrogen and oxygen atoms in total. The number of likely N-dealkylation sites (tertiary alicyclic amines) is 1. The van der Waals surface area contributed by atoms with E-state index in [1.54, 1.807) is 0 Å². The fourth-order valence-electron chi connectivity index (χ4n) is 3.13. The number of hydrogen-bond acceptors (Lipinski definition) is 3. The van der Waals surface area contributed by atoms with Crippen molar-refractivity contribution in [1.29, 1.82) is 0 Å². The summed E-state index contributed by atoms with van der Waals surface area (Å²) in [6.45, 7) is 4.80. The van der Waals surface area contributed by atoms with Gasteiger partial charge in [0.1, 0.15) is 5.54 Å². The van der Waals surface area contributed by atoms with Crippen LogP contribution in [0.4, 0.5) is 0 Å². The second-order valence-electron chi connectivity index (χ2n) is 6.10. The van der Waals surface area contributed by atoms with E-state index in [9.17, 15) is 9.90 Å². The molecule has 0 amide bonds. The molecule has 0 aromatic rings. The summed E-state index contributed by atoms with van der Waals surface area (Å²) in [7, 11) is 0. The third kappa shape index (κ3) is 3.04. The molecule has 18 heavy (non-hydrogen) atoms. The van der Waals surface area contributed by atoms with Crippen LogP contribution in [0.25, 0.3) is 0 Å². The summed E-state index contributed by atoms with van der Waals surface area (Å²) in [5.41, 5.74) is 5.15. The van der Waals surface area contributed by atoms with E-state index >= 15 is 0 Å². The van der Waals surface area contributed by atoms with Crippen LogP contribution in [0, 0.1) is 11.8 Å². The predicted molar refractivity (Wildman–Crippen MR) is 71.4 cm³/mol. The summed E-state index contributed by atoms with van der Waals surface area (Å²) >= 11 is 0. The highest BCUT2D eigenvalue weighted by atomic mass is 16.4. The van der Waals surface area contributed by atoms with Gasteiger partial charge in [-0.2, -0.15) is 0 Å². The molecule has 1 aliphatic heterocycles. The van der Waals surface area contributed by atoms with E-state index < -0.39 is 11.5 Å². The second-order valence-corrected chi connectivity index (χ2v) is 6.10. The normalized spacial score (nSPS) is 29.6. The Balaban J connectivity index is 1.93.